The third-order valence-electron chi connectivity index (χ3n) is 7.03. The molecule has 2 aromatic heterocycles. The first-order valence-electron chi connectivity index (χ1n) is 11.1. The fourth-order valence-corrected chi connectivity index (χ4v) is 5.36. The standard InChI is InChI=1S/C24H14F4N6O2/c25-14-2-1-9-5-10(29)6-11-15(9)12(14)7-30-24(28)13-8-36-4-3-34(20(13)24)22-16-19(32-23(35)33-22)17(26)18(11)31-21(16)27/h1-2,5-6,13,20H,3-4,8,29H2/p+1/t13-,20+,24-/m1/s1. The van der Waals surface area contributed by atoms with Gasteiger partial charge in [-0.2, -0.15) is 13.8 Å². The van der Waals surface area contributed by atoms with E-state index in [1.165, 1.54) is 23.1 Å². The van der Waals surface area contributed by atoms with Crippen LogP contribution in [-0.4, -0.2) is 46.5 Å². The number of benzene rings is 2. The van der Waals surface area contributed by atoms with Gasteiger partial charge in [-0.3, -0.25) is 0 Å². The first-order chi connectivity index (χ1) is 17.3. The number of pyridine rings is 1. The van der Waals surface area contributed by atoms with Crippen LogP contribution in [0.25, 0.3) is 37.8 Å². The minimum atomic E-state index is -2.30. The van der Waals surface area contributed by atoms with Crippen molar-refractivity contribution in [2.75, 3.05) is 30.4 Å². The SMILES string of the molecule is Nc1cc2c3c(c(F)ccc3c1)C#[N+][C@]1(F)[C@@H]3COCCN(c4nc(=O)[nH]c5c(F)c-2nc(F)c45)[C@@H]31. The van der Waals surface area contributed by atoms with Gasteiger partial charge >= 0.3 is 17.6 Å². The predicted molar refractivity (Wildman–Crippen MR) is 123 cm³/mol. The van der Waals surface area contributed by atoms with Gasteiger partial charge in [0.2, 0.25) is 5.95 Å². The molecule has 1 saturated carbocycles. The van der Waals surface area contributed by atoms with Gasteiger partial charge in [0.25, 0.3) is 0 Å². The van der Waals surface area contributed by atoms with Crippen molar-refractivity contribution >= 4 is 33.2 Å². The van der Waals surface area contributed by atoms with Crippen LogP contribution in [0.3, 0.4) is 0 Å². The van der Waals surface area contributed by atoms with Crippen LogP contribution in [-0.2, 0) is 4.74 Å². The first kappa shape index (κ1) is 21.1. The summed E-state index contributed by atoms with van der Waals surface area (Å²) < 4.78 is 68.5. The molecule has 2 fully saturated rings. The van der Waals surface area contributed by atoms with E-state index in [0.29, 0.717) is 5.39 Å². The maximum Gasteiger partial charge on any atom is 0.445 e. The summed E-state index contributed by atoms with van der Waals surface area (Å²) in [4.78, 5) is 27.8. The molecule has 12 heteroatoms. The van der Waals surface area contributed by atoms with Crippen LogP contribution in [0.5, 0.6) is 0 Å². The van der Waals surface area contributed by atoms with E-state index in [9.17, 15) is 4.79 Å². The van der Waals surface area contributed by atoms with Gasteiger partial charge in [0.05, 0.1) is 24.1 Å². The molecule has 180 valence electrons. The number of nitrogens with zero attached hydrogens (tertiary/aromatic N) is 4. The Morgan fingerprint density at radius 3 is 2.89 bits per heavy atom. The van der Waals surface area contributed by atoms with E-state index < -0.39 is 57.6 Å². The molecule has 3 aliphatic heterocycles. The van der Waals surface area contributed by atoms with E-state index in [1.54, 1.807) is 0 Å². The molecule has 4 bridgehead atoms. The maximum absolute atomic E-state index is 16.2. The van der Waals surface area contributed by atoms with Crippen molar-refractivity contribution < 1.29 is 22.3 Å². The second kappa shape index (κ2) is 6.92. The van der Waals surface area contributed by atoms with Crippen molar-refractivity contribution in [3.05, 3.63) is 62.7 Å². The lowest BCUT2D eigenvalue weighted by molar-refractivity contribution is 0.122. The summed E-state index contributed by atoms with van der Waals surface area (Å²) in [6, 6.07) is 6.80. The van der Waals surface area contributed by atoms with Gasteiger partial charge in [0.1, 0.15) is 28.8 Å². The van der Waals surface area contributed by atoms with E-state index in [-0.39, 0.29) is 47.8 Å². The molecular weight excluding hydrogens is 480 g/mol. The lowest BCUT2D eigenvalue weighted by atomic mass is 9.95. The number of fused-ring (bicyclic) bond motifs is 1. The number of nitrogen functional groups attached to an aromatic ring is 1. The number of halogens is 4. The molecule has 2 aromatic carbocycles. The molecule has 3 N–H and O–H groups in total. The Hall–Kier alpha value is -4.24. The van der Waals surface area contributed by atoms with Gasteiger partial charge < -0.3 is 20.4 Å². The summed E-state index contributed by atoms with van der Waals surface area (Å²) in [6.07, 6.45) is 0. The molecule has 4 aromatic rings. The van der Waals surface area contributed by atoms with E-state index in [1.807, 2.05) is 0 Å². The molecule has 8 rings (SSSR count). The van der Waals surface area contributed by atoms with Crippen LogP contribution < -0.4 is 16.3 Å². The number of nitrogens with two attached hydrogens (primary N) is 1. The molecule has 1 saturated heterocycles. The highest BCUT2D eigenvalue weighted by molar-refractivity contribution is 6.04. The lowest BCUT2D eigenvalue weighted by Gasteiger charge is -2.22. The molecule has 36 heavy (non-hydrogen) atoms. The van der Waals surface area contributed by atoms with Crippen molar-refractivity contribution in [3.63, 3.8) is 0 Å². The van der Waals surface area contributed by atoms with Gasteiger partial charge in [0.15, 0.2) is 11.9 Å². The van der Waals surface area contributed by atoms with Crippen LogP contribution >= 0.6 is 0 Å². The van der Waals surface area contributed by atoms with Gasteiger partial charge in [0, 0.05) is 23.2 Å². The molecule has 0 spiro atoms. The minimum absolute atomic E-state index is 0.0248. The van der Waals surface area contributed by atoms with Crippen molar-refractivity contribution in [3.8, 4) is 17.3 Å². The Morgan fingerprint density at radius 1 is 1.22 bits per heavy atom. The third kappa shape index (κ3) is 2.68. The summed E-state index contributed by atoms with van der Waals surface area (Å²) >= 11 is 0. The maximum atomic E-state index is 16.2. The molecule has 8 nitrogen and oxygen atoms in total. The fraction of sp³-hybridized carbons (Fsp3) is 0.250. The van der Waals surface area contributed by atoms with Crippen LogP contribution in [0.2, 0.25) is 0 Å². The number of nitrogens with one attached hydrogen (secondary N) is 1. The molecular formula is C24H15F4N6O2+. The van der Waals surface area contributed by atoms with Crippen LogP contribution in [0.4, 0.5) is 29.1 Å². The molecule has 4 aliphatic rings. The monoisotopic (exact) mass is 495 g/mol. The number of aromatic amines is 1. The summed E-state index contributed by atoms with van der Waals surface area (Å²) in [5.74, 6) is -6.43. The number of anilines is 2. The number of hydrogen-bond donors (Lipinski definition) is 2. The van der Waals surface area contributed by atoms with E-state index in [4.69, 9.17) is 10.5 Å². The number of hydrogen-bond acceptors (Lipinski definition) is 6. The van der Waals surface area contributed by atoms with E-state index in [2.05, 4.69) is 25.9 Å². The Balaban J connectivity index is 1.71. The zero-order valence-electron chi connectivity index (χ0n) is 18.3. The molecule has 0 amide bonds. The molecule has 3 atom stereocenters. The number of rotatable bonds is 0. The van der Waals surface area contributed by atoms with Crippen molar-refractivity contribution in [2.45, 2.75) is 11.8 Å². The van der Waals surface area contributed by atoms with Gasteiger partial charge in [-0.15, -0.1) is 0 Å². The topological polar surface area (TPSA) is 101 Å². The molecule has 0 unspecified atom stereocenters. The highest BCUT2D eigenvalue weighted by atomic mass is 19.2. The average Bonchev–Trinajstić information content (AvgIpc) is 3.49. The highest BCUT2D eigenvalue weighted by Crippen LogP contribution is 2.55. The predicted octanol–water partition coefficient (Wildman–Crippen LogP) is 3.33. The van der Waals surface area contributed by atoms with E-state index >= 15 is 17.6 Å². The highest BCUT2D eigenvalue weighted by Gasteiger charge is 2.81. The molecule has 1 aliphatic carbocycles. The summed E-state index contributed by atoms with van der Waals surface area (Å²) in [5, 5.41) is -0.00318. The smallest absolute Gasteiger partial charge is 0.399 e. The zero-order valence-corrected chi connectivity index (χ0v) is 18.3. The van der Waals surface area contributed by atoms with Crippen molar-refractivity contribution in [1.82, 2.24) is 15.0 Å². The number of alkyl halides is 1. The summed E-state index contributed by atoms with van der Waals surface area (Å²) in [6.45, 7) is 0.126. The number of aromatic nitrogens is 3. The fourth-order valence-electron chi connectivity index (χ4n) is 5.36. The Labute approximate surface area is 199 Å². The van der Waals surface area contributed by atoms with Crippen molar-refractivity contribution in [1.29, 1.82) is 0 Å². The zero-order chi connectivity index (χ0) is 24.9. The second-order valence-corrected chi connectivity index (χ2v) is 9.04. The summed E-state index contributed by atoms with van der Waals surface area (Å²) in [5.41, 5.74) is 3.86. The lowest BCUT2D eigenvalue weighted by Crippen LogP contribution is -2.35. The van der Waals surface area contributed by atoms with Crippen molar-refractivity contribution in [2.24, 2.45) is 5.92 Å². The second-order valence-electron chi connectivity index (χ2n) is 9.04. The van der Waals surface area contributed by atoms with Gasteiger partial charge in [-0.1, -0.05) is 6.07 Å². The van der Waals surface area contributed by atoms with Crippen LogP contribution in [0.1, 0.15) is 5.56 Å². The molecule has 0 radical (unpaired) electrons. The van der Waals surface area contributed by atoms with Crippen LogP contribution in [0.15, 0.2) is 29.1 Å². The van der Waals surface area contributed by atoms with Crippen LogP contribution in [0, 0.1) is 29.6 Å². The number of ether oxygens (including phenoxy) is 1. The van der Waals surface area contributed by atoms with E-state index in [0.717, 1.165) is 6.07 Å². The Kier molecular flexibility index (Phi) is 4.05. The largest absolute Gasteiger partial charge is 0.445 e. The Morgan fingerprint density at radius 2 is 2.06 bits per heavy atom. The normalized spacial score (nSPS) is 23.9. The molecule has 5 heterocycles. The van der Waals surface area contributed by atoms with Gasteiger partial charge in [-0.25, -0.2) is 18.6 Å². The number of H-pyrrole nitrogens is 1. The Bertz CT molecular complexity index is 1780. The summed E-state index contributed by atoms with van der Waals surface area (Å²) in [7, 11) is 0. The third-order valence-corrected chi connectivity index (χ3v) is 7.03. The minimum Gasteiger partial charge on any atom is -0.399 e. The van der Waals surface area contributed by atoms with Gasteiger partial charge in [-0.05, 0) is 28.4 Å². The quantitative estimate of drug-likeness (QED) is 0.168. The average molecular weight is 495 g/mol. The first-order valence-corrected chi connectivity index (χ1v) is 11.1.